The van der Waals surface area contributed by atoms with E-state index in [0.29, 0.717) is 26.2 Å². The van der Waals surface area contributed by atoms with Gasteiger partial charge in [-0.05, 0) is 0 Å². The molecule has 1 fully saturated rings. The topological polar surface area (TPSA) is 40.6 Å². The molecule has 0 saturated carbocycles. The van der Waals surface area contributed by atoms with Crippen LogP contribution in [0.1, 0.15) is 18.5 Å². The number of hydrogen-bond acceptors (Lipinski definition) is 2. The van der Waals surface area contributed by atoms with Gasteiger partial charge in [0.2, 0.25) is 0 Å². The number of hydrogen-bond donors (Lipinski definition) is 0. The maximum atomic E-state index is 12.2. The molecule has 3 rings (SSSR count). The Kier molecular flexibility index (Phi) is 4.27. The van der Waals surface area contributed by atoms with Crippen molar-refractivity contribution in [2.24, 2.45) is 0 Å². The average molecular weight is 400 g/mol. The normalized spacial score (nSPS) is 15.4. The zero-order valence-corrected chi connectivity index (χ0v) is 14.2. The standard InChI is InChI=1S/C14H14N2O2Se2/c17-13(11-3-1-9-19-11)15-5-7-16(8-6-15)14(18)12-4-2-10-20-12/h1-4,9-10H,5-8H2. The summed E-state index contributed by atoms with van der Waals surface area (Å²) in [4.78, 5) is 32.3. The third kappa shape index (κ3) is 2.84. The summed E-state index contributed by atoms with van der Waals surface area (Å²) < 4.78 is 1.84. The van der Waals surface area contributed by atoms with Crippen molar-refractivity contribution in [3.05, 3.63) is 43.0 Å². The predicted molar refractivity (Wildman–Crippen MR) is 78.6 cm³/mol. The monoisotopic (exact) mass is 402 g/mol. The summed E-state index contributed by atoms with van der Waals surface area (Å²) >= 11 is 0.375. The van der Waals surface area contributed by atoms with Gasteiger partial charge < -0.3 is 0 Å². The van der Waals surface area contributed by atoms with Crippen molar-refractivity contribution in [1.29, 1.82) is 0 Å². The van der Waals surface area contributed by atoms with E-state index in [1.54, 1.807) is 0 Å². The van der Waals surface area contributed by atoms with Gasteiger partial charge in [-0.2, -0.15) is 0 Å². The molecule has 0 radical (unpaired) electrons. The van der Waals surface area contributed by atoms with Crippen LogP contribution in [0.15, 0.2) is 34.1 Å². The Morgan fingerprint density at radius 3 is 1.50 bits per heavy atom. The first kappa shape index (κ1) is 13.9. The number of piperazine rings is 1. The van der Waals surface area contributed by atoms with Gasteiger partial charge in [-0.3, -0.25) is 0 Å². The third-order valence-electron chi connectivity index (χ3n) is 3.32. The van der Waals surface area contributed by atoms with E-state index in [1.165, 1.54) is 0 Å². The van der Waals surface area contributed by atoms with Crippen molar-refractivity contribution in [2.75, 3.05) is 26.2 Å². The first-order valence-corrected chi connectivity index (χ1v) is 10.1. The van der Waals surface area contributed by atoms with Crippen molar-refractivity contribution in [1.82, 2.24) is 9.80 Å². The van der Waals surface area contributed by atoms with Gasteiger partial charge in [0.25, 0.3) is 0 Å². The molecule has 4 nitrogen and oxygen atoms in total. The Labute approximate surface area is 129 Å². The summed E-state index contributed by atoms with van der Waals surface area (Å²) in [5.41, 5.74) is 0. The Balaban J connectivity index is 1.60. The minimum absolute atomic E-state index is 0.146. The van der Waals surface area contributed by atoms with Crippen molar-refractivity contribution in [3.63, 3.8) is 0 Å². The van der Waals surface area contributed by atoms with Crippen LogP contribution in [0.2, 0.25) is 0 Å². The van der Waals surface area contributed by atoms with Gasteiger partial charge in [0.05, 0.1) is 0 Å². The van der Waals surface area contributed by atoms with Gasteiger partial charge >= 0.3 is 129 Å². The van der Waals surface area contributed by atoms with E-state index in [1.807, 2.05) is 34.1 Å². The second-order valence-corrected chi connectivity index (χ2v) is 8.52. The van der Waals surface area contributed by atoms with Crippen LogP contribution in [0.3, 0.4) is 0 Å². The van der Waals surface area contributed by atoms with Gasteiger partial charge in [-0.1, -0.05) is 0 Å². The van der Waals surface area contributed by atoms with Crippen LogP contribution in [-0.4, -0.2) is 76.8 Å². The van der Waals surface area contributed by atoms with E-state index in [0.717, 1.165) is 8.87 Å². The molecule has 2 amide bonds. The van der Waals surface area contributed by atoms with E-state index in [4.69, 9.17) is 0 Å². The number of carbonyl (C=O) groups excluding carboxylic acids is 2. The molecular formula is C14H14N2O2Se2. The first-order valence-electron chi connectivity index (χ1n) is 6.41. The molecule has 20 heavy (non-hydrogen) atoms. The zero-order valence-electron chi connectivity index (χ0n) is 10.8. The van der Waals surface area contributed by atoms with Gasteiger partial charge in [0, 0.05) is 0 Å². The summed E-state index contributed by atoms with van der Waals surface area (Å²) in [5.74, 6) is 0.293. The van der Waals surface area contributed by atoms with Crippen molar-refractivity contribution < 1.29 is 9.59 Å². The fraction of sp³-hybridized carbons (Fsp3) is 0.286. The zero-order chi connectivity index (χ0) is 13.9. The van der Waals surface area contributed by atoms with Gasteiger partial charge in [-0.15, -0.1) is 0 Å². The molecule has 6 heteroatoms. The van der Waals surface area contributed by atoms with Crippen molar-refractivity contribution in [3.8, 4) is 0 Å². The molecule has 2 aromatic rings. The number of rotatable bonds is 2. The Hall–Kier alpha value is -1.06. The summed E-state index contributed by atoms with van der Waals surface area (Å²) in [6, 6.07) is 7.73. The Bertz CT molecular complexity index is 530. The molecule has 0 spiro atoms. The van der Waals surface area contributed by atoms with E-state index in [-0.39, 0.29) is 40.8 Å². The van der Waals surface area contributed by atoms with Gasteiger partial charge in [-0.25, -0.2) is 0 Å². The van der Waals surface area contributed by atoms with Crippen molar-refractivity contribution >= 4 is 40.8 Å². The molecule has 0 atom stereocenters. The van der Waals surface area contributed by atoms with Crippen LogP contribution in [0.25, 0.3) is 0 Å². The van der Waals surface area contributed by atoms with Crippen LogP contribution in [-0.2, 0) is 0 Å². The van der Waals surface area contributed by atoms with Crippen LogP contribution in [0.4, 0.5) is 0 Å². The van der Waals surface area contributed by atoms with Crippen LogP contribution in [0, 0.1) is 0 Å². The summed E-state index contributed by atoms with van der Waals surface area (Å²) in [5, 5.41) is 0. The SMILES string of the molecule is O=C(c1ccc[se]1)N1CCN(C(=O)c2ccc[se]2)CC1. The van der Waals surface area contributed by atoms with Crippen molar-refractivity contribution in [2.45, 2.75) is 0 Å². The molecule has 0 aliphatic carbocycles. The van der Waals surface area contributed by atoms with Gasteiger partial charge in [0.1, 0.15) is 0 Å². The fourth-order valence-corrected chi connectivity index (χ4v) is 5.12. The molecule has 0 bridgehead atoms. The molecule has 1 aliphatic heterocycles. The molecule has 0 aromatic carbocycles. The van der Waals surface area contributed by atoms with Crippen LogP contribution >= 0.6 is 0 Å². The molecule has 3 heterocycles. The molecule has 0 unspecified atom stereocenters. The Morgan fingerprint density at radius 2 is 1.20 bits per heavy atom. The quantitative estimate of drug-likeness (QED) is 0.685. The molecular weight excluding hydrogens is 386 g/mol. The van der Waals surface area contributed by atoms with Crippen LogP contribution in [0.5, 0.6) is 0 Å². The number of carbonyl (C=O) groups is 2. The molecule has 2 aromatic heterocycles. The number of amides is 2. The molecule has 1 saturated heterocycles. The van der Waals surface area contributed by atoms with Gasteiger partial charge in [0.15, 0.2) is 0 Å². The summed E-state index contributed by atoms with van der Waals surface area (Å²) in [6.07, 6.45) is 0. The van der Waals surface area contributed by atoms with E-state index in [2.05, 4.69) is 9.88 Å². The third-order valence-corrected chi connectivity index (χ3v) is 6.92. The molecule has 104 valence electrons. The molecule has 0 N–H and O–H groups in total. The van der Waals surface area contributed by atoms with E-state index < -0.39 is 0 Å². The fourth-order valence-electron chi connectivity index (χ4n) is 2.22. The summed E-state index contributed by atoms with van der Waals surface area (Å²) in [6.45, 7) is 2.58. The summed E-state index contributed by atoms with van der Waals surface area (Å²) in [7, 11) is 0. The Morgan fingerprint density at radius 1 is 0.800 bits per heavy atom. The molecule has 1 aliphatic rings. The maximum absolute atomic E-state index is 12.2. The second kappa shape index (κ2) is 6.15. The number of nitrogens with zero attached hydrogens (tertiary/aromatic N) is 2. The van der Waals surface area contributed by atoms with Crippen LogP contribution < -0.4 is 0 Å². The predicted octanol–water partition coefficient (Wildman–Crippen LogP) is 0.399. The second-order valence-electron chi connectivity index (χ2n) is 4.54. The van der Waals surface area contributed by atoms with E-state index >= 15 is 0 Å². The van der Waals surface area contributed by atoms with E-state index in [9.17, 15) is 9.59 Å². The minimum atomic E-state index is 0.146. The average Bonchev–Trinajstić information content (AvgIpc) is 3.18. The first-order chi connectivity index (χ1) is 9.75.